The molecule has 1 aliphatic rings. The van der Waals surface area contributed by atoms with Gasteiger partial charge in [-0.15, -0.1) is 0 Å². The highest BCUT2D eigenvalue weighted by Crippen LogP contribution is 2.25. The minimum absolute atomic E-state index is 0.163. The highest BCUT2D eigenvalue weighted by Gasteiger charge is 2.20. The number of hydrogen-bond donors (Lipinski definition) is 2. The van der Waals surface area contributed by atoms with Crippen LogP contribution in [0.15, 0.2) is 18.2 Å². The first-order valence-corrected chi connectivity index (χ1v) is 6.32. The maximum absolute atomic E-state index is 9.53. The van der Waals surface area contributed by atoms with E-state index in [9.17, 15) is 5.11 Å². The van der Waals surface area contributed by atoms with Gasteiger partial charge in [0.1, 0.15) is 4.99 Å². The zero-order chi connectivity index (χ0) is 12.4. The summed E-state index contributed by atoms with van der Waals surface area (Å²) in [5.74, 6) is 0. The van der Waals surface area contributed by atoms with Crippen molar-refractivity contribution in [2.24, 2.45) is 5.73 Å². The lowest BCUT2D eigenvalue weighted by molar-refractivity contribution is 0.145. The van der Waals surface area contributed by atoms with Crippen molar-refractivity contribution < 1.29 is 5.11 Å². The number of benzene rings is 1. The average molecular weight is 250 g/mol. The number of piperidine rings is 1. The summed E-state index contributed by atoms with van der Waals surface area (Å²) in [6, 6.07) is 6.13. The summed E-state index contributed by atoms with van der Waals surface area (Å²) in [4.78, 5) is 2.69. The predicted octanol–water partition coefficient (Wildman–Crippen LogP) is 1.59. The van der Waals surface area contributed by atoms with Crippen molar-refractivity contribution in [3.63, 3.8) is 0 Å². The number of aliphatic hydroxyl groups is 1. The van der Waals surface area contributed by atoms with Gasteiger partial charge in [0, 0.05) is 24.3 Å². The Balaban J connectivity index is 2.30. The molecule has 3 N–H and O–H groups in total. The Kier molecular flexibility index (Phi) is 3.64. The molecule has 0 radical (unpaired) electrons. The van der Waals surface area contributed by atoms with Gasteiger partial charge in [-0.05, 0) is 37.5 Å². The summed E-state index contributed by atoms with van der Waals surface area (Å²) >= 11 is 5.09. The van der Waals surface area contributed by atoms with Gasteiger partial charge in [-0.2, -0.15) is 0 Å². The van der Waals surface area contributed by atoms with E-state index in [1.807, 2.05) is 12.1 Å². The molecule has 3 nitrogen and oxygen atoms in total. The van der Waals surface area contributed by atoms with Crippen LogP contribution in [-0.4, -0.2) is 29.3 Å². The number of anilines is 1. The molecule has 0 aliphatic carbocycles. The number of rotatable bonds is 2. The second kappa shape index (κ2) is 5.02. The molecule has 17 heavy (non-hydrogen) atoms. The van der Waals surface area contributed by atoms with E-state index in [2.05, 4.69) is 17.9 Å². The number of hydrogen-bond acceptors (Lipinski definition) is 3. The minimum atomic E-state index is -0.163. The second-order valence-electron chi connectivity index (χ2n) is 4.60. The lowest BCUT2D eigenvalue weighted by Gasteiger charge is -2.33. The zero-order valence-corrected chi connectivity index (χ0v) is 10.8. The lowest BCUT2D eigenvalue weighted by Crippen LogP contribution is -2.37. The Morgan fingerprint density at radius 3 is 2.65 bits per heavy atom. The van der Waals surface area contributed by atoms with Crippen LogP contribution >= 0.6 is 12.2 Å². The summed E-state index contributed by atoms with van der Waals surface area (Å²) in [6.45, 7) is 3.78. The molecule has 0 unspecified atom stereocenters. The maximum Gasteiger partial charge on any atom is 0.106 e. The number of aryl methyl sites for hydroxylation is 1. The van der Waals surface area contributed by atoms with Crippen LogP contribution in [-0.2, 0) is 0 Å². The van der Waals surface area contributed by atoms with E-state index in [4.69, 9.17) is 18.0 Å². The van der Waals surface area contributed by atoms with Gasteiger partial charge in [0.05, 0.1) is 6.10 Å². The smallest absolute Gasteiger partial charge is 0.106 e. The molecular weight excluding hydrogens is 232 g/mol. The topological polar surface area (TPSA) is 49.5 Å². The van der Waals surface area contributed by atoms with Crippen LogP contribution in [0.3, 0.4) is 0 Å². The normalized spacial score (nSPS) is 17.2. The van der Waals surface area contributed by atoms with Crippen LogP contribution in [0.5, 0.6) is 0 Å². The van der Waals surface area contributed by atoms with Crippen molar-refractivity contribution in [1.29, 1.82) is 0 Å². The highest BCUT2D eigenvalue weighted by atomic mass is 32.1. The molecule has 1 aromatic carbocycles. The molecule has 92 valence electrons. The molecule has 1 heterocycles. The van der Waals surface area contributed by atoms with Crippen molar-refractivity contribution >= 4 is 22.9 Å². The fourth-order valence-electron chi connectivity index (χ4n) is 2.22. The van der Waals surface area contributed by atoms with E-state index in [1.54, 1.807) is 0 Å². The summed E-state index contributed by atoms with van der Waals surface area (Å²) in [5, 5.41) is 9.53. The third-order valence-corrected chi connectivity index (χ3v) is 3.44. The summed E-state index contributed by atoms with van der Waals surface area (Å²) in [7, 11) is 0. The number of nitrogens with zero attached hydrogens (tertiary/aromatic N) is 1. The molecule has 0 aromatic heterocycles. The lowest BCUT2D eigenvalue weighted by atomic mass is 10.0. The standard InChI is InChI=1S/C13H18N2OS/c1-9-2-3-11(13(14)17)12(8-9)15-6-4-10(16)5-7-15/h2-3,8,10,16H,4-7H2,1H3,(H2,14,17). The zero-order valence-electron chi connectivity index (χ0n) is 10.0. The maximum atomic E-state index is 9.53. The molecule has 1 aromatic rings. The van der Waals surface area contributed by atoms with Gasteiger partial charge >= 0.3 is 0 Å². The van der Waals surface area contributed by atoms with Crippen molar-refractivity contribution in [3.8, 4) is 0 Å². The Morgan fingerprint density at radius 2 is 2.06 bits per heavy atom. The molecule has 0 bridgehead atoms. The van der Waals surface area contributed by atoms with Gasteiger partial charge in [0.2, 0.25) is 0 Å². The molecule has 0 saturated carbocycles. The molecule has 0 amide bonds. The van der Waals surface area contributed by atoms with Crippen molar-refractivity contribution in [2.75, 3.05) is 18.0 Å². The SMILES string of the molecule is Cc1ccc(C(N)=S)c(N2CCC(O)CC2)c1. The van der Waals surface area contributed by atoms with Crippen LogP contribution in [0.2, 0.25) is 0 Å². The van der Waals surface area contributed by atoms with Crippen LogP contribution in [0.1, 0.15) is 24.0 Å². The summed E-state index contributed by atoms with van der Waals surface area (Å²) < 4.78 is 0. The molecule has 0 spiro atoms. The van der Waals surface area contributed by atoms with Crippen LogP contribution in [0.4, 0.5) is 5.69 Å². The van der Waals surface area contributed by atoms with Crippen LogP contribution < -0.4 is 10.6 Å². The van der Waals surface area contributed by atoms with E-state index < -0.39 is 0 Å². The summed E-state index contributed by atoms with van der Waals surface area (Å²) in [6.07, 6.45) is 1.46. The quantitative estimate of drug-likeness (QED) is 0.783. The first-order chi connectivity index (χ1) is 8.08. The first kappa shape index (κ1) is 12.3. The fourth-order valence-corrected chi connectivity index (χ4v) is 2.39. The Morgan fingerprint density at radius 1 is 1.41 bits per heavy atom. The van der Waals surface area contributed by atoms with E-state index in [0.29, 0.717) is 4.99 Å². The molecule has 1 fully saturated rings. The third-order valence-electron chi connectivity index (χ3n) is 3.22. The number of aliphatic hydroxyl groups excluding tert-OH is 1. The van der Waals surface area contributed by atoms with Gasteiger partial charge in [-0.3, -0.25) is 0 Å². The summed E-state index contributed by atoms with van der Waals surface area (Å²) in [5.41, 5.74) is 8.99. The van der Waals surface area contributed by atoms with Gasteiger partial charge in [-0.25, -0.2) is 0 Å². The van der Waals surface area contributed by atoms with Crippen LogP contribution in [0, 0.1) is 6.92 Å². The van der Waals surface area contributed by atoms with E-state index >= 15 is 0 Å². The Labute approximate surface area is 107 Å². The molecule has 0 atom stereocenters. The second-order valence-corrected chi connectivity index (χ2v) is 5.04. The van der Waals surface area contributed by atoms with Gasteiger partial charge < -0.3 is 15.7 Å². The molecule has 2 rings (SSSR count). The first-order valence-electron chi connectivity index (χ1n) is 5.91. The molecule has 1 aliphatic heterocycles. The largest absolute Gasteiger partial charge is 0.393 e. The minimum Gasteiger partial charge on any atom is -0.393 e. The Bertz CT molecular complexity index is 425. The van der Waals surface area contributed by atoms with E-state index in [1.165, 1.54) is 5.56 Å². The van der Waals surface area contributed by atoms with Crippen molar-refractivity contribution in [2.45, 2.75) is 25.9 Å². The molecule has 4 heteroatoms. The van der Waals surface area contributed by atoms with Gasteiger partial charge in [0.15, 0.2) is 0 Å². The van der Waals surface area contributed by atoms with E-state index in [0.717, 1.165) is 37.2 Å². The van der Waals surface area contributed by atoms with Gasteiger partial charge in [0.25, 0.3) is 0 Å². The van der Waals surface area contributed by atoms with Crippen molar-refractivity contribution in [3.05, 3.63) is 29.3 Å². The number of thiocarbonyl (C=S) groups is 1. The number of nitrogens with two attached hydrogens (primary N) is 1. The van der Waals surface area contributed by atoms with Crippen LogP contribution in [0.25, 0.3) is 0 Å². The fraction of sp³-hybridized carbons (Fsp3) is 0.462. The molecular formula is C13H18N2OS. The van der Waals surface area contributed by atoms with E-state index in [-0.39, 0.29) is 6.10 Å². The Hall–Kier alpha value is -1.13. The highest BCUT2D eigenvalue weighted by molar-refractivity contribution is 7.80. The predicted molar refractivity (Wildman–Crippen MR) is 74.5 cm³/mol. The monoisotopic (exact) mass is 250 g/mol. The molecule has 1 saturated heterocycles. The third kappa shape index (κ3) is 2.76. The van der Waals surface area contributed by atoms with Crippen molar-refractivity contribution in [1.82, 2.24) is 0 Å². The average Bonchev–Trinajstić information content (AvgIpc) is 2.29. The van der Waals surface area contributed by atoms with Gasteiger partial charge in [-0.1, -0.05) is 18.3 Å².